The molecule has 1 aliphatic carbocycles. The van der Waals surface area contributed by atoms with Gasteiger partial charge in [0.05, 0.1) is 6.61 Å². The molecule has 2 atom stereocenters. The highest BCUT2D eigenvalue weighted by atomic mass is 16.5. The number of hydrogen-bond acceptors (Lipinski definition) is 3. The minimum absolute atomic E-state index is 0.0628. The Morgan fingerprint density at radius 3 is 2.87 bits per heavy atom. The van der Waals surface area contributed by atoms with E-state index in [1.165, 1.54) is 0 Å². The number of rotatable bonds is 7. The highest BCUT2D eigenvalue weighted by Gasteiger charge is 2.25. The molecule has 4 nitrogen and oxygen atoms in total. The minimum atomic E-state index is 0.0628. The van der Waals surface area contributed by atoms with Crippen LogP contribution in [0.1, 0.15) is 51.5 Å². The van der Waals surface area contributed by atoms with Gasteiger partial charge in [0, 0.05) is 24.1 Å². The molecule has 1 aromatic rings. The lowest BCUT2D eigenvalue weighted by atomic mass is 9.85. The quantitative estimate of drug-likeness (QED) is 0.811. The Morgan fingerprint density at radius 1 is 1.35 bits per heavy atom. The number of para-hydroxylation sites is 1. The summed E-state index contributed by atoms with van der Waals surface area (Å²) in [6, 6.07) is 8.10. The van der Waals surface area contributed by atoms with E-state index < -0.39 is 0 Å². The zero-order valence-electron chi connectivity index (χ0n) is 14.4. The van der Waals surface area contributed by atoms with Crippen molar-refractivity contribution in [1.82, 2.24) is 5.32 Å². The third-order valence-corrected chi connectivity index (χ3v) is 4.46. The van der Waals surface area contributed by atoms with Crippen LogP contribution in [0, 0.1) is 11.8 Å². The molecule has 1 saturated carbocycles. The highest BCUT2D eigenvalue weighted by Crippen LogP contribution is 2.24. The van der Waals surface area contributed by atoms with Crippen LogP contribution in [0.4, 0.5) is 0 Å². The number of ether oxygens (including phenoxy) is 1. The Labute approximate surface area is 139 Å². The molecule has 0 aromatic heterocycles. The monoisotopic (exact) mass is 318 g/mol. The largest absolute Gasteiger partial charge is 0.493 e. The molecule has 3 N–H and O–H groups in total. The van der Waals surface area contributed by atoms with Crippen LogP contribution < -0.4 is 15.8 Å². The molecule has 4 heteroatoms. The molecular formula is C19H30N2O2. The number of hydrogen-bond donors (Lipinski definition) is 2. The van der Waals surface area contributed by atoms with E-state index in [0.717, 1.165) is 43.4 Å². The highest BCUT2D eigenvalue weighted by molar-refractivity contribution is 5.78. The summed E-state index contributed by atoms with van der Waals surface area (Å²) in [6.07, 6.45) is 4.87. The van der Waals surface area contributed by atoms with Gasteiger partial charge < -0.3 is 15.8 Å². The lowest BCUT2D eigenvalue weighted by Gasteiger charge is -2.25. The fourth-order valence-corrected chi connectivity index (χ4v) is 2.99. The molecular weight excluding hydrogens is 288 g/mol. The van der Waals surface area contributed by atoms with Gasteiger partial charge >= 0.3 is 0 Å². The van der Waals surface area contributed by atoms with E-state index in [1.54, 1.807) is 0 Å². The Bertz CT molecular complexity index is 502. The van der Waals surface area contributed by atoms with Crippen LogP contribution >= 0.6 is 0 Å². The third kappa shape index (κ3) is 5.87. The molecule has 23 heavy (non-hydrogen) atoms. The van der Waals surface area contributed by atoms with Gasteiger partial charge in [0.15, 0.2) is 0 Å². The van der Waals surface area contributed by atoms with Crippen molar-refractivity contribution in [3.63, 3.8) is 0 Å². The van der Waals surface area contributed by atoms with Crippen LogP contribution in [0.3, 0.4) is 0 Å². The predicted molar refractivity (Wildman–Crippen MR) is 93.2 cm³/mol. The zero-order chi connectivity index (χ0) is 16.7. The maximum absolute atomic E-state index is 12.3. The van der Waals surface area contributed by atoms with Gasteiger partial charge in [-0.05, 0) is 37.7 Å². The van der Waals surface area contributed by atoms with Crippen molar-refractivity contribution >= 4 is 5.91 Å². The molecule has 1 fully saturated rings. The van der Waals surface area contributed by atoms with Crippen molar-refractivity contribution in [2.45, 2.75) is 58.5 Å². The van der Waals surface area contributed by atoms with E-state index >= 15 is 0 Å². The third-order valence-electron chi connectivity index (χ3n) is 4.46. The number of nitrogens with two attached hydrogens (primary N) is 1. The average Bonchev–Trinajstić information content (AvgIpc) is 2.53. The molecule has 2 rings (SSSR count). The van der Waals surface area contributed by atoms with Crippen molar-refractivity contribution in [2.24, 2.45) is 17.6 Å². The zero-order valence-corrected chi connectivity index (χ0v) is 14.4. The van der Waals surface area contributed by atoms with E-state index in [-0.39, 0.29) is 17.9 Å². The normalized spacial score (nSPS) is 21.2. The second-order valence-electron chi connectivity index (χ2n) is 6.98. The summed E-state index contributed by atoms with van der Waals surface area (Å²) in [4.78, 5) is 12.3. The summed E-state index contributed by atoms with van der Waals surface area (Å²) < 4.78 is 5.87. The number of carbonyl (C=O) groups is 1. The Kier molecular flexibility index (Phi) is 6.90. The number of amides is 1. The summed E-state index contributed by atoms with van der Waals surface area (Å²) in [5.74, 6) is 1.68. The average molecular weight is 318 g/mol. The van der Waals surface area contributed by atoms with Gasteiger partial charge in [0.2, 0.25) is 5.91 Å². The van der Waals surface area contributed by atoms with Gasteiger partial charge in [-0.25, -0.2) is 0 Å². The van der Waals surface area contributed by atoms with E-state index in [0.29, 0.717) is 19.1 Å². The SMILES string of the molecule is CC(C)CCOc1ccccc1CNC(=O)C1CCCC(N)C1. The van der Waals surface area contributed by atoms with Crippen molar-refractivity contribution in [1.29, 1.82) is 0 Å². The molecule has 1 amide bonds. The first-order valence-electron chi connectivity index (χ1n) is 8.80. The van der Waals surface area contributed by atoms with Crippen LogP contribution in [-0.4, -0.2) is 18.6 Å². The fourth-order valence-electron chi connectivity index (χ4n) is 2.99. The molecule has 0 radical (unpaired) electrons. The van der Waals surface area contributed by atoms with Crippen LogP contribution in [0.25, 0.3) is 0 Å². The van der Waals surface area contributed by atoms with E-state index in [4.69, 9.17) is 10.5 Å². The van der Waals surface area contributed by atoms with Crippen LogP contribution in [0.5, 0.6) is 5.75 Å². The minimum Gasteiger partial charge on any atom is -0.493 e. The summed E-state index contributed by atoms with van der Waals surface area (Å²) >= 11 is 0. The van der Waals surface area contributed by atoms with Gasteiger partial charge in [-0.15, -0.1) is 0 Å². The summed E-state index contributed by atoms with van der Waals surface area (Å²) in [6.45, 7) is 5.59. The second kappa shape index (κ2) is 8.92. The standard InChI is InChI=1S/C19H30N2O2/c1-14(2)10-11-23-18-9-4-3-6-16(18)13-21-19(22)15-7-5-8-17(20)12-15/h3-4,6,9,14-15,17H,5,7-8,10-13,20H2,1-2H3,(H,21,22). The second-order valence-corrected chi connectivity index (χ2v) is 6.98. The summed E-state index contributed by atoms with van der Waals surface area (Å²) in [5.41, 5.74) is 7.01. The molecule has 1 aliphatic rings. The maximum Gasteiger partial charge on any atom is 0.223 e. The summed E-state index contributed by atoms with van der Waals surface area (Å²) in [7, 11) is 0. The van der Waals surface area contributed by atoms with Gasteiger partial charge in [0.1, 0.15) is 5.75 Å². The first kappa shape index (κ1) is 17.8. The Morgan fingerprint density at radius 2 is 2.13 bits per heavy atom. The molecule has 0 spiro atoms. The van der Waals surface area contributed by atoms with Crippen LogP contribution in [0.2, 0.25) is 0 Å². The van der Waals surface area contributed by atoms with Gasteiger partial charge in [-0.1, -0.05) is 38.5 Å². The lowest BCUT2D eigenvalue weighted by Crippen LogP contribution is -2.37. The lowest BCUT2D eigenvalue weighted by molar-refractivity contribution is -0.126. The van der Waals surface area contributed by atoms with E-state index in [2.05, 4.69) is 19.2 Å². The van der Waals surface area contributed by atoms with E-state index in [1.807, 2.05) is 24.3 Å². The number of nitrogens with one attached hydrogen (secondary N) is 1. The molecule has 1 aromatic carbocycles. The van der Waals surface area contributed by atoms with Crippen molar-refractivity contribution in [2.75, 3.05) is 6.61 Å². The Hall–Kier alpha value is -1.55. The topological polar surface area (TPSA) is 64.3 Å². The van der Waals surface area contributed by atoms with Crippen LogP contribution in [0.15, 0.2) is 24.3 Å². The fraction of sp³-hybridized carbons (Fsp3) is 0.632. The molecule has 0 saturated heterocycles. The van der Waals surface area contributed by atoms with Crippen LogP contribution in [-0.2, 0) is 11.3 Å². The smallest absolute Gasteiger partial charge is 0.223 e. The maximum atomic E-state index is 12.3. The van der Waals surface area contributed by atoms with Crippen molar-refractivity contribution in [3.05, 3.63) is 29.8 Å². The number of carbonyl (C=O) groups excluding carboxylic acids is 1. The van der Waals surface area contributed by atoms with Gasteiger partial charge in [-0.3, -0.25) is 4.79 Å². The van der Waals surface area contributed by atoms with Crippen molar-refractivity contribution < 1.29 is 9.53 Å². The Balaban J connectivity index is 1.86. The van der Waals surface area contributed by atoms with Crippen molar-refractivity contribution in [3.8, 4) is 5.75 Å². The number of benzene rings is 1. The molecule has 2 unspecified atom stereocenters. The predicted octanol–water partition coefficient (Wildman–Crippen LogP) is 3.25. The van der Waals surface area contributed by atoms with E-state index in [9.17, 15) is 4.79 Å². The first-order valence-corrected chi connectivity index (χ1v) is 8.80. The summed E-state index contributed by atoms with van der Waals surface area (Å²) in [5, 5.41) is 3.05. The molecule has 0 bridgehead atoms. The molecule has 0 aliphatic heterocycles. The molecule has 0 heterocycles. The molecule has 128 valence electrons. The van der Waals surface area contributed by atoms with Gasteiger partial charge in [0.25, 0.3) is 0 Å². The van der Waals surface area contributed by atoms with Gasteiger partial charge in [-0.2, -0.15) is 0 Å². The first-order chi connectivity index (χ1) is 11.1.